The van der Waals surface area contributed by atoms with Gasteiger partial charge < -0.3 is 15.0 Å². The molecule has 0 unspecified atom stereocenters. The summed E-state index contributed by atoms with van der Waals surface area (Å²) in [5, 5.41) is 3.22. The van der Waals surface area contributed by atoms with E-state index in [9.17, 15) is 4.79 Å². The first kappa shape index (κ1) is 17.4. The van der Waals surface area contributed by atoms with Crippen molar-refractivity contribution in [2.24, 2.45) is 0 Å². The number of hydrogen-bond donors (Lipinski definition) is 1. The third-order valence-electron chi connectivity index (χ3n) is 5.41. The van der Waals surface area contributed by atoms with Gasteiger partial charge in [0.05, 0.1) is 0 Å². The summed E-state index contributed by atoms with van der Waals surface area (Å²) in [6.45, 7) is 8.30. The Kier molecular flexibility index (Phi) is 5.90. The fourth-order valence-electron chi connectivity index (χ4n) is 3.75. The van der Waals surface area contributed by atoms with Gasteiger partial charge in [0.1, 0.15) is 0 Å². The number of piperidine rings is 1. The van der Waals surface area contributed by atoms with Crippen LogP contribution in [0.2, 0.25) is 0 Å². The summed E-state index contributed by atoms with van der Waals surface area (Å²) in [7, 11) is 0. The molecule has 2 saturated heterocycles. The van der Waals surface area contributed by atoms with Crippen molar-refractivity contribution in [2.75, 3.05) is 26.3 Å². The van der Waals surface area contributed by atoms with Crippen LogP contribution in [0.4, 0.5) is 0 Å². The minimum absolute atomic E-state index is 0.0647. The molecule has 24 heavy (non-hydrogen) atoms. The molecule has 0 radical (unpaired) electrons. The predicted molar refractivity (Wildman–Crippen MR) is 96.4 cm³/mol. The summed E-state index contributed by atoms with van der Waals surface area (Å²) in [4.78, 5) is 15.0. The molecule has 0 spiro atoms. The van der Waals surface area contributed by atoms with Gasteiger partial charge in [0.15, 0.2) is 0 Å². The molecule has 1 aromatic carbocycles. The maximum Gasteiger partial charge on any atom is 0.251 e. The Bertz CT molecular complexity index is 527. The van der Waals surface area contributed by atoms with Crippen molar-refractivity contribution >= 4 is 5.91 Å². The first-order chi connectivity index (χ1) is 11.6. The van der Waals surface area contributed by atoms with Crippen LogP contribution < -0.4 is 5.32 Å². The summed E-state index contributed by atoms with van der Waals surface area (Å²) in [6.07, 6.45) is 4.40. The largest absolute Gasteiger partial charge is 0.381 e. The Morgan fingerprint density at radius 3 is 2.29 bits per heavy atom. The third kappa shape index (κ3) is 4.37. The lowest BCUT2D eigenvalue weighted by atomic mass is 9.99. The van der Waals surface area contributed by atoms with E-state index in [-0.39, 0.29) is 5.91 Å². The number of likely N-dealkylation sites (tertiary alicyclic amines) is 1. The van der Waals surface area contributed by atoms with Crippen LogP contribution in [0.3, 0.4) is 0 Å². The molecular weight excluding hydrogens is 300 g/mol. The van der Waals surface area contributed by atoms with E-state index in [4.69, 9.17) is 4.74 Å². The zero-order valence-electron chi connectivity index (χ0n) is 15.0. The minimum atomic E-state index is 0.0647. The number of ether oxygens (including phenoxy) is 1. The zero-order valence-corrected chi connectivity index (χ0v) is 15.0. The zero-order chi connectivity index (χ0) is 16.9. The second-order valence-electron chi connectivity index (χ2n) is 7.40. The Morgan fingerprint density at radius 2 is 1.71 bits per heavy atom. The summed E-state index contributed by atoms with van der Waals surface area (Å²) in [5.41, 5.74) is 2.04. The SMILES string of the molecule is CC(C)c1ccc(C(=O)NC2CCN(C3CCOCC3)CC2)cc1. The number of carbonyl (C=O) groups excluding carboxylic acids is 1. The molecule has 1 aromatic rings. The van der Waals surface area contributed by atoms with Crippen molar-refractivity contribution in [1.29, 1.82) is 0 Å². The number of benzene rings is 1. The maximum absolute atomic E-state index is 12.4. The lowest BCUT2D eigenvalue weighted by Gasteiger charge is -2.39. The summed E-state index contributed by atoms with van der Waals surface area (Å²) >= 11 is 0. The number of nitrogens with one attached hydrogen (secondary N) is 1. The number of amides is 1. The number of carbonyl (C=O) groups is 1. The molecule has 132 valence electrons. The average Bonchev–Trinajstić information content (AvgIpc) is 2.63. The van der Waals surface area contributed by atoms with Crippen LogP contribution in [-0.4, -0.2) is 49.2 Å². The maximum atomic E-state index is 12.4. The van der Waals surface area contributed by atoms with Crippen LogP contribution >= 0.6 is 0 Å². The predicted octanol–water partition coefficient (Wildman–Crippen LogP) is 3.18. The van der Waals surface area contributed by atoms with Crippen molar-refractivity contribution < 1.29 is 9.53 Å². The highest BCUT2D eigenvalue weighted by Gasteiger charge is 2.27. The van der Waals surface area contributed by atoms with E-state index < -0.39 is 0 Å². The molecule has 2 aliphatic rings. The number of nitrogens with zero attached hydrogens (tertiary/aromatic N) is 1. The lowest BCUT2D eigenvalue weighted by molar-refractivity contribution is 0.0238. The van der Waals surface area contributed by atoms with Crippen LogP contribution in [0.15, 0.2) is 24.3 Å². The molecule has 4 nitrogen and oxygen atoms in total. The van der Waals surface area contributed by atoms with Gasteiger partial charge in [-0.3, -0.25) is 4.79 Å². The molecule has 2 fully saturated rings. The Morgan fingerprint density at radius 1 is 1.08 bits per heavy atom. The lowest BCUT2D eigenvalue weighted by Crippen LogP contribution is -2.49. The van der Waals surface area contributed by atoms with E-state index in [1.165, 1.54) is 5.56 Å². The molecule has 1 amide bonds. The first-order valence-electron chi connectivity index (χ1n) is 9.36. The summed E-state index contributed by atoms with van der Waals surface area (Å²) in [6, 6.07) is 9.00. The highest BCUT2D eigenvalue weighted by molar-refractivity contribution is 5.94. The summed E-state index contributed by atoms with van der Waals surface area (Å²) in [5.74, 6) is 0.562. The third-order valence-corrected chi connectivity index (χ3v) is 5.41. The quantitative estimate of drug-likeness (QED) is 0.922. The van der Waals surface area contributed by atoms with E-state index in [1.54, 1.807) is 0 Å². The fourth-order valence-corrected chi connectivity index (χ4v) is 3.75. The first-order valence-corrected chi connectivity index (χ1v) is 9.36. The van der Waals surface area contributed by atoms with Crippen LogP contribution in [0, 0.1) is 0 Å². The van der Waals surface area contributed by atoms with E-state index in [0.717, 1.165) is 57.6 Å². The smallest absolute Gasteiger partial charge is 0.251 e. The van der Waals surface area contributed by atoms with Gasteiger partial charge in [-0.05, 0) is 49.3 Å². The van der Waals surface area contributed by atoms with E-state index in [2.05, 4.69) is 36.2 Å². The molecule has 0 atom stereocenters. The topological polar surface area (TPSA) is 41.6 Å². The molecule has 0 aromatic heterocycles. The second-order valence-corrected chi connectivity index (χ2v) is 7.40. The molecular formula is C20H30N2O2. The Balaban J connectivity index is 1.47. The molecule has 3 rings (SSSR count). The van der Waals surface area contributed by atoms with Crippen LogP contribution in [-0.2, 0) is 4.74 Å². The van der Waals surface area contributed by atoms with Gasteiger partial charge in [-0.1, -0.05) is 26.0 Å². The van der Waals surface area contributed by atoms with Gasteiger partial charge >= 0.3 is 0 Å². The Labute approximate surface area is 145 Å². The molecule has 4 heteroatoms. The van der Waals surface area contributed by atoms with Crippen LogP contribution in [0.5, 0.6) is 0 Å². The minimum Gasteiger partial charge on any atom is -0.381 e. The Hall–Kier alpha value is -1.39. The standard InChI is InChI=1S/C20H30N2O2/c1-15(2)16-3-5-17(6-4-16)20(23)21-18-7-11-22(12-8-18)19-9-13-24-14-10-19/h3-6,15,18-19H,7-14H2,1-2H3,(H,21,23). The molecule has 2 aliphatic heterocycles. The van der Waals surface area contributed by atoms with Crippen molar-refractivity contribution in [3.8, 4) is 0 Å². The van der Waals surface area contributed by atoms with Gasteiger partial charge in [0, 0.05) is 44.0 Å². The van der Waals surface area contributed by atoms with Crippen molar-refractivity contribution in [1.82, 2.24) is 10.2 Å². The van der Waals surface area contributed by atoms with E-state index in [0.29, 0.717) is 18.0 Å². The molecule has 1 N–H and O–H groups in total. The molecule has 0 saturated carbocycles. The van der Waals surface area contributed by atoms with Crippen LogP contribution in [0.25, 0.3) is 0 Å². The fraction of sp³-hybridized carbons (Fsp3) is 0.650. The van der Waals surface area contributed by atoms with Gasteiger partial charge in [-0.25, -0.2) is 0 Å². The van der Waals surface area contributed by atoms with Crippen molar-refractivity contribution in [3.63, 3.8) is 0 Å². The highest BCUT2D eigenvalue weighted by Crippen LogP contribution is 2.20. The normalized spacial score (nSPS) is 21.1. The monoisotopic (exact) mass is 330 g/mol. The van der Waals surface area contributed by atoms with Crippen molar-refractivity contribution in [3.05, 3.63) is 35.4 Å². The molecule has 2 heterocycles. The van der Waals surface area contributed by atoms with Gasteiger partial charge in [-0.2, -0.15) is 0 Å². The van der Waals surface area contributed by atoms with E-state index in [1.807, 2.05) is 12.1 Å². The highest BCUT2D eigenvalue weighted by atomic mass is 16.5. The van der Waals surface area contributed by atoms with Crippen molar-refractivity contribution in [2.45, 2.75) is 57.5 Å². The van der Waals surface area contributed by atoms with Gasteiger partial charge in [0.2, 0.25) is 0 Å². The number of hydrogen-bond acceptors (Lipinski definition) is 3. The molecule has 0 bridgehead atoms. The van der Waals surface area contributed by atoms with Gasteiger partial charge in [-0.15, -0.1) is 0 Å². The average molecular weight is 330 g/mol. The number of rotatable bonds is 4. The van der Waals surface area contributed by atoms with E-state index >= 15 is 0 Å². The molecule has 0 aliphatic carbocycles. The van der Waals surface area contributed by atoms with Gasteiger partial charge in [0.25, 0.3) is 5.91 Å². The second kappa shape index (κ2) is 8.13. The van der Waals surface area contributed by atoms with Crippen LogP contribution in [0.1, 0.15) is 61.4 Å². The summed E-state index contributed by atoms with van der Waals surface area (Å²) < 4.78 is 5.45.